The molecule has 0 heterocycles. The van der Waals surface area contributed by atoms with E-state index < -0.39 is 5.97 Å². The molecule has 1 N–H and O–H groups in total. The van der Waals surface area contributed by atoms with Crippen molar-refractivity contribution in [3.05, 3.63) is 0 Å². The molecule has 6 heteroatoms. The summed E-state index contributed by atoms with van der Waals surface area (Å²) in [6.07, 6.45) is 1.10. The number of amides is 1. The highest BCUT2D eigenvalue weighted by molar-refractivity contribution is 5.81. The Morgan fingerprint density at radius 2 is 1.94 bits per heavy atom. The molecule has 0 fully saturated rings. The van der Waals surface area contributed by atoms with Crippen LogP contribution in [-0.4, -0.2) is 61.9 Å². The van der Waals surface area contributed by atoms with Gasteiger partial charge in [-0.1, -0.05) is 6.92 Å². The summed E-state index contributed by atoms with van der Waals surface area (Å²) in [6.45, 7) is 3.25. The molecular weight excluding hydrogens is 226 g/mol. The van der Waals surface area contributed by atoms with Crippen LogP contribution in [0.5, 0.6) is 0 Å². The molecule has 0 aromatic heterocycles. The summed E-state index contributed by atoms with van der Waals surface area (Å²) >= 11 is 0. The van der Waals surface area contributed by atoms with Crippen molar-refractivity contribution in [2.45, 2.75) is 19.8 Å². The molecule has 0 bridgehead atoms. The van der Waals surface area contributed by atoms with Crippen LogP contribution in [0.3, 0.4) is 0 Å². The lowest BCUT2D eigenvalue weighted by Gasteiger charge is -2.20. The number of carbonyl (C=O) groups is 2. The summed E-state index contributed by atoms with van der Waals surface area (Å²) < 4.78 is 10.0. The number of nitrogens with zero attached hydrogens (tertiary/aromatic N) is 1. The molecule has 0 saturated heterocycles. The van der Waals surface area contributed by atoms with E-state index in [1.807, 2.05) is 6.92 Å². The molecule has 0 aliphatic rings. The number of aliphatic carboxylic acids is 1. The Labute approximate surface area is 101 Å². The van der Waals surface area contributed by atoms with Gasteiger partial charge in [0.05, 0.1) is 19.6 Å². The molecule has 0 aliphatic heterocycles. The number of carbonyl (C=O) groups excluding carboxylic acids is 1. The zero-order valence-corrected chi connectivity index (χ0v) is 10.5. The van der Waals surface area contributed by atoms with Gasteiger partial charge in [-0.15, -0.1) is 0 Å². The average Bonchev–Trinajstić information content (AvgIpc) is 2.29. The molecule has 0 radical (unpaired) electrons. The Bertz CT molecular complexity index is 232. The maximum absolute atomic E-state index is 11.7. The standard InChI is InChI=1S/C11H21NO5/c1-3-6-17-7-4-10(13)12(5-8-16-2)9-11(14)15/h3-9H2,1-2H3,(H,14,15). The van der Waals surface area contributed by atoms with Crippen molar-refractivity contribution >= 4 is 11.9 Å². The normalized spacial score (nSPS) is 10.2. The second-order valence-corrected chi connectivity index (χ2v) is 3.56. The van der Waals surface area contributed by atoms with Gasteiger partial charge in [-0.05, 0) is 6.42 Å². The van der Waals surface area contributed by atoms with Crippen LogP contribution < -0.4 is 0 Å². The molecule has 1 amide bonds. The largest absolute Gasteiger partial charge is 0.480 e. The Morgan fingerprint density at radius 1 is 1.24 bits per heavy atom. The molecule has 0 atom stereocenters. The Kier molecular flexibility index (Phi) is 9.37. The van der Waals surface area contributed by atoms with Gasteiger partial charge in [-0.2, -0.15) is 0 Å². The van der Waals surface area contributed by atoms with E-state index >= 15 is 0 Å². The minimum absolute atomic E-state index is 0.205. The van der Waals surface area contributed by atoms with Crippen LogP contribution in [0.1, 0.15) is 19.8 Å². The maximum Gasteiger partial charge on any atom is 0.323 e. The van der Waals surface area contributed by atoms with E-state index in [9.17, 15) is 9.59 Å². The van der Waals surface area contributed by atoms with Crippen molar-refractivity contribution in [3.63, 3.8) is 0 Å². The van der Waals surface area contributed by atoms with E-state index in [1.54, 1.807) is 0 Å². The van der Waals surface area contributed by atoms with Crippen LogP contribution in [-0.2, 0) is 19.1 Å². The van der Waals surface area contributed by atoms with Crippen LogP contribution in [0, 0.1) is 0 Å². The smallest absolute Gasteiger partial charge is 0.323 e. The highest BCUT2D eigenvalue weighted by atomic mass is 16.5. The van der Waals surface area contributed by atoms with Crippen LogP contribution in [0.25, 0.3) is 0 Å². The molecule has 0 aliphatic carbocycles. The van der Waals surface area contributed by atoms with Crippen LogP contribution in [0.4, 0.5) is 0 Å². The minimum atomic E-state index is -1.02. The highest BCUT2D eigenvalue weighted by Gasteiger charge is 2.15. The first-order valence-electron chi connectivity index (χ1n) is 5.68. The van der Waals surface area contributed by atoms with E-state index in [4.69, 9.17) is 14.6 Å². The Hall–Kier alpha value is -1.14. The lowest BCUT2D eigenvalue weighted by Crippen LogP contribution is -2.38. The molecule has 0 aromatic rings. The first-order valence-corrected chi connectivity index (χ1v) is 5.68. The minimum Gasteiger partial charge on any atom is -0.480 e. The summed E-state index contributed by atoms with van der Waals surface area (Å²) in [4.78, 5) is 23.5. The summed E-state index contributed by atoms with van der Waals surface area (Å²) in [7, 11) is 1.51. The van der Waals surface area contributed by atoms with Crippen LogP contribution in [0.2, 0.25) is 0 Å². The van der Waals surface area contributed by atoms with Crippen molar-refractivity contribution in [3.8, 4) is 0 Å². The number of methoxy groups -OCH3 is 1. The highest BCUT2D eigenvalue weighted by Crippen LogP contribution is 1.96. The molecule has 0 spiro atoms. The third kappa shape index (κ3) is 8.65. The van der Waals surface area contributed by atoms with Crippen molar-refractivity contribution in [2.75, 3.05) is 40.0 Å². The number of carboxylic acids is 1. The predicted octanol–water partition coefficient (Wildman–Crippen LogP) is 0.363. The number of rotatable bonds is 10. The first-order chi connectivity index (χ1) is 8.11. The van der Waals surface area contributed by atoms with Gasteiger partial charge < -0.3 is 19.5 Å². The van der Waals surface area contributed by atoms with Gasteiger partial charge in [0, 0.05) is 20.3 Å². The maximum atomic E-state index is 11.7. The lowest BCUT2D eigenvalue weighted by atomic mass is 10.3. The van der Waals surface area contributed by atoms with Crippen molar-refractivity contribution in [1.29, 1.82) is 0 Å². The zero-order valence-electron chi connectivity index (χ0n) is 10.5. The average molecular weight is 247 g/mol. The van der Waals surface area contributed by atoms with Gasteiger partial charge in [0.25, 0.3) is 0 Å². The molecule has 0 saturated carbocycles. The number of hydrogen-bond donors (Lipinski definition) is 1. The van der Waals surface area contributed by atoms with Gasteiger partial charge in [0.1, 0.15) is 6.54 Å². The summed E-state index contributed by atoms with van der Waals surface area (Å²) in [5.74, 6) is -1.25. The van der Waals surface area contributed by atoms with Crippen LogP contribution >= 0.6 is 0 Å². The Balaban J connectivity index is 3.98. The second kappa shape index (κ2) is 10.0. The monoisotopic (exact) mass is 247 g/mol. The number of carboxylic acid groups (broad SMARTS) is 1. The fourth-order valence-electron chi connectivity index (χ4n) is 1.22. The zero-order chi connectivity index (χ0) is 13.1. The van der Waals surface area contributed by atoms with E-state index in [-0.39, 0.29) is 25.4 Å². The first kappa shape index (κ1) is 15.9. The SMILES string of the molecule is CCCOCCC(=O)N(CCOC)CC(=O)O. The summed E-state index contributed by atoms with van der Waals surface area (Å²) in [5, 5.41) is 8.68. The van der Waals surface area contributed by atoms with Gasteiger partial charge in [-0.3, -0.25) is 9.59 Å². The predicted molar refractivity (Wildman–Crippen MR) is 61.8 cm³/mol. The fourth-order valence-corrected chi connectivity index (χ4v) is 1.22. The van der Waals surface area contributed by atoms with Crippen molar-refractivity contribution in [1.82, 2.24) is 4.90 Å². The number of ether oxygens (including phenoxy) is 2. The topological polar surface area (TPSA) is 76.1 Å². The van der Waals surface area contributed by atoms with Crippen molar-refractivity contribution in [2.24, 2.45) is 0 Å². The third-order valence-corrected chi connectivity index (χ3v) is 2.05. The van der Waals surface area contributed by atoms with E-state index in [1.165, 1.54) is 12.0 Å². The molecule has 0 unspecified atom stereocenters. The fraction of sp³-hybridized carbons (Fsp3) is 0.818. The molecule has 6 nitrogen and oxygen atoms in total. The van der Waals surface area contributed by atoms with E-state index in [0.29, 0.717) is 19.8 Å². The lowest BCUT2D eigenvalue weighted by molar-refractivity contribution is -0.145. The van der Waals surface area contributed by atoms with E-state index in [2.05, 4.69) is 0 Å². The quantitative estimate of drug-likeness (QED) is 0.564. The van der Waals surface area contributed by atoms with Crippen molar-refractivity contribution < 1.29 is 24.2 Å². The van der Waals surface area contributed by atoms with Gasteiger partial charge in [0.15, 0.2) is 0 Å². The molecule has 100 valence electrons. The molecular formula is C11H21NO5. The molecule has 0 rings (SSSR count). The third-order valence-electron chi connectivity index (χ3n) is 2.05. The molecule has 0 aromatic carbocycles. The number of hydrogen-bond acceptors (Lipinski definition) is 4. The van der Waals surface area contributed by atoms with Crippen LogP contribution in [0.15, 0.2) is 0 Å². The Morgan fingerprint density at radius 3 is 2.47 bits per heavy atom. The summed E-state index contributed by atoms with van der Waals surface area (Å²) in [5.41, 5.74) is 0. The van der Waals surface area contributed by atoms with Gasteiger partial charge in [-0.25, -0.2) is 0 Å². The molecule has 17 heavy (non-hydrogen) atoms. The second-order valence-electron chi connectivity index (χ2n) is 3.56. The van der Waals surface area contributed by atoms with Gasteiger partial charge >= 0.3 is 5.97 Å². The van der Waals surface area contributed by atoms with E-state index in [0.717, 1.165) is 6.42 Å². The summed E-state index contributed by atoms with van der Waals surface area (Å²) in [6, 6.07) is 0. The van der Waals surface area contributed by atoms with Gasteiger partial charge in [0.2, 0.25) is 5.91 Å².